The molecule has 0 aliphatic heterocycles. The molecule has 0 radical (unpaired) electrons. The van der Waals surface area contributed by atoms with E-state index in [1.54, 1.807) is 6.92 Å². The van der Waals surface area contributed by atoms with Crippen molar-refractivity contribution in [2.24, 2.45) is 5.11 Å². The van der Waals surface area contributed by atoms with E-state index in [0.717, 1.165) is 6.26 Å². The Hall–Kier alpha value is -2.14. The summed E-state index contributed by atoms with van der Waals surface area (Å²) in [6.07, 6.45) is 0.973. The van der Waals surface area contributed by atoms with Crippen molar-refractivity contribution in [1.29, 1.82) is 0 Å². The third-order valence-corrected chi connectivity index (χ3v) is 4.84. The quantitative estimate of drug-likeness (QED) is 0.180. The van der Waals surface area contributed by atoms with E-state index < -0.39 is 46.3 Å². The van der Waals surface area contributed by atoms with E-state index in [0.29, 0.717) is 12.8 Å². The molecule has 1 N–H and O–H groups in total. The molecule has 0 aromatic heterocycles. The van der Waals surface area contributed by atoms with Crippen LogP contribution in [0.15, 0.2) is 16.8 Å². The molecule has 12 heteroatoms. The number of carbonyl (C=O) groups excluding carboxylic acids is 2. The molecule has 0 saturated heterocycles. The van der Waals surface area contributed by atoms with Crippen LogP contribution in [0, 0.1) is 0 Å². The maximum Gasteiger partial charge on any atom is 0.336 e. The van der Waals surface area contributed by atoms with Gasteiger partial charge in [-0.15, -0.1) is 0 Å². The lowest BCUT2D eigenvalue weighted by Crippen LogP contribution is -2.59. The molecule has 11 nitrogen and oxygen atoms in total. The highest BCUT2D eigenvalue weighted by Crippen LogP contribution is 2.30. The first-order valence-corrected chi connectivity index (χ1v) is 11.1. The molecule has 0 heterocycles. The van der Waals surface area contributed by atoms with E-state index in [1.165, 1.54) is 13.0 Å². The second-order valence-electron chi connectivity index (χ2n) is 6.52. The summed E-state index contributed by atoms with van der Waals surface area (Å²) < 4.78 is 39.7. The van der Waals surface area contributed by atoms with E-state index in [9.17, 15) is 18.0 Å². The van der Waals surface area contributed by atoms with Gasteiger partial charge < -0.3 is 14.8 Å². The predicted octanol–water partition coefficient (Wildman–Crippen LogP) is 1.59. The Morgan fingerprint density at radius 2 is 1.93 bits per heavy atom. The number of rotatable bonds is 10. The molecule has 4 atom stereocenters. The second-order valence-corrected chi connectivity index (χ2v) is 8.13. The van der Waals surface area contributed by atoms with Gasteiger partial charge in [-0.25, -0.2) is 4.79 Å². The molecule has 1 rings (SSSR count). The smallest absolute Gasteiger partial charge is 0.336 e. The van der Waals surface area contributed by atoms with Crippen LogP contribution in [0.1, 0.15) is 40.5 Å². The summed E-state index contributed by atoms with van der Waals surface area (Å²) in [6.45, 7) is 6.73. The zero-order valence-electron chi connectivity index (χ0n) is 17.2. The zero-order valence-corrected chi connectivity index (χ0v) is 18.0. The molecule has 164 valence electrons. The summed E-state index contributed by atoms with van der Waals surface area (Å²) in [7, 11) is -4.04. The fourth-order valence-corrected chi connectivity index (χ4v) is 3.65. The summed E-state index contributed by atoms with van der Waals surface area (Å²) in [5.74, 6) is -1.27. The van der Waals surface area contributed by atoms with Crippen LogP contribution >= 0.6 is 0 Å². The van der Waals surface area contributed by atoms with Gasteiger partial charge in [0, 0.05) is 11.8 Å². The Kier molecular flexibility index (Phi) is 9.57. The van der Waals surface area contributed by atoms with E-state index >= 15 is 0 Å². The molecule has 29 heavy (non-hydrogen) atoms. The highest BCUT2D eigenvalue weighted by molar-refractivity contribution is 7.86. The first kappa shape index (κ1) is 24.9. The largest absolute Gasteiger partial charge is 0.463 e. The van der Waals surface area contributed by atoms with Crippen molar-refractivity contribution in [3.63, 3.8) is 0 Å². The summed E-state index contributed by atoms with van der Waals surface area (Å²) in [5.41, 5.74) is 8.89. The van der Waals surface area contributed by atoms with Crippen LogP contribution in [0.3, 0.4) is 0 Å². The van der Waals surface area contributed by atoms with Crippen molar-refractivity contribution in [1.82, 2.24) is 5.32 Å². The maximum absolute atomic E-state index is 12.5. The van der Waals surface area contributed by atoms with Crippen LogP contribution in [0.25, 0.3) is 10.4 Å². The van der Waals surface area contributed by atoms with Crippen LogP contribution in [-0.2, 0) is 33.4 Å². The number of amides is 1. The summed E-state index contributed by atoms with van der Waals surface area (Å²) in [4.78, 5) is 27.0. The van der Waals surface area contributed by atoms with Crippen LogP contribution < -0.4 is 5.32 Å². The molecular formula is C17H28N4O7S. The molecule has 0 spiro atoms. The van der Waals surface area contributed by atoms with Gasteiger partial charge in [0.25, 0.3) is 10.1 Å². The molecule has 1 unspecified atom stereocenters. The molecule has 0 aromatic carbocycles. The minimum atomic E-state index is -4.04. The van der Waals surface area contributed by atoms with E-state index in [-0.39, 0.29) is 18.3 Å². The van der Waals surface area contributed by atoms with Crippen LogP contribution in [0.5, 0.6) is 0 Å². The summed E-state index contributed by atoms with van der Waals surface area (Å²) in [6, 6.07) is -2.21. The summed E-state index contributed by atoms with van der Waals surface area (Å²) in [5, 5.41) is 6.26. The van der Waals surface area contributed by atoms with Crippen molar-refractivity contribution >= 4 is 22.0 Å². The average Bonchev–Trinajstić information content (AvgIpc) is 2.62. The molecule has 0 aromatic rings. The Balaban J connectivity index is 3.59. The van der Waals surface area contributed by atoms with Crippen molar-refractivity contribution in [3.8, 4) is 0 Å². The molecule has 1 amide bonds. The first-order valence-electron chi connectivity index (χ1n) is 9.31. The Labute approximate surface area is 170 Å². The van der Waals surface area contributed by atoms with Gasteiger partial charge in [0.1, 0.15) is 6.10 Å². The number of hydrogen-bond donors (Lipinski definition) is 1. The van der Waals surface area contributed by atoms with Crippen molar-refractivity contribution in [3.05, 3.63) is 22.1 Å². The predicted molar refractivity (Wildman–Crippen MR) is 104 cm³/mol. The lowest BCUT2D eigenvalue weighted by Gasteiger charge is -2.40. The molecule has 1 aliphatic rings. The van der Waals surface area contributed by atoms with Crippen LogP contribution in [0.2, 0.25) is 0 Å². The monoisotopic (exact) mass is 432 g/mol. The Morgan fingerprint density at radius 3 is 2.38 bits per heavy atom. The molecule has 0 saturated carbocycles. The molecule has 1 aliphatic carbocycles. The van der Waals surface area contributed by atoms with Crippen molar-refractivity contribution < 1.29 is 31.7 Å². The molecule has 0 fully saturated rings. The van der Waals surface area contributed by atoms with Gasteiger partial charge in [0.2, 0.25) is 5.91 Å². The maximum atomic E-state index is 12.5. The Bertz CT molecular complexity index is 773. The fraction of sp³-hybridized carbons (Fsp3) is 0.765. The van der Waals surface area contributed by atoms with Gasteiger partial charge in [0.05, 0.1) is 42.7 Å². The SMILES string of the molecule is CCOC(=O)C1=C[C@@H](OC(CC)CC)[C@H](NC(C)=O)[C@H](N=[N+]=[N-])C1OS(C)(=O)=O. The fourth-order valence-electron chi connectivity index (χ4n) is 3.06. The van der Waals surface area contributed by atoms with Gasteiger partial charge >= 0.3 is 5.97 Å². The van der Waals surface area contributed by atoms with E-state index in [2.05, 4.69) is 15.3 Å². The highest BCUT2D eigenvalue weighted by atomic mass is 32.2. The minimum Gasteiger partial charge on any atom is -0.463 e. The third-order valence-electron chi connectivity index (χ3n) is 4.29. The van der Waals surface area contributed by atoms with Gasteiger partial charge in [-0.2, -0.15) is 8.42 Å². The number of hydrogen-bond acceptors (Lipinski definition) is 8. The third kappa shape index (κ3) is 7.32. The second kappa shape index (κ2) is 11.1. The molecule has 0 bridgehead atoms. The van der Waals surface area contributed by atoms with Crippen molar-refractivity contribution in [2.45, 2.75) is 70.9 Å². The van der Waals surface area contributed by atoms with Crippen LogP contribution in [0.4, 0.5) is 0 Å². The van der Waals surface area contributed by atoms with Gasteiger partial charge in [-0.1, -0.05) is 19.0 Å². The minimum absolute atomic E-state index is 0.0428. The Morgan fingerprint density at radius 1 is 1.31 bits per heavy atom. The highest BCUT2D eigenvalue weighted by Gasteiger charge is 2.46. The van der Waals surface area contributed by atoms with E-state index in [1.807, 2.05) is 13.8 Å². The number of ether oxygens (including phenoxy) is 2. The molecular weight excluding hydrogens is 404 g/mol. The number of carbonyl (C=O) groups is 2. The van der Waals surface area contributed by atoms with Gasteiger partial charge in [-0.05, 0) is 31.4 Å². The number of azide groups is 1. The topological polar surface area (TPSA) is 157 Å². The van der Waals surface area contributed by atoms with E-state index in [4.69, 9.17) is 19.2 Å². The number of nitrogens with one attached hydrogen (secondary N) is 1. The lowest BCUT2D eigenvalue weighted by atomic mass is 9.85. The van der Waals surface area contributed by atoms with Gasteiger partial charge in [0.15, 0.2) is 0 Å². The lowest BCUT2D eigenvalue weighted by molar-refractivity contribution is -0.140. The van der Waals surface area contributed by atoms with Crippen molar-refractivity contribution in [2.75, 3.05) is 12.9 Å². The number of nitrogens with zero attached hydrogens (tertiary/aromatic N) is 3. The standard InChI is InChI=1S/C17H28N4O7S/c1-6-11(7-2)27-13-9-12(17(23)26-8-3)16(28-29(5,24)25)15(20-21-18)14(13)19-10(4)22/h9,11,13-16H,6-8H2,1-5H3,(H,19,22)/t13-,14+,15+,16?/m1/s1. The summed E-state index contributed by atoms with van der Waals surface area (Å²) >= 11 is 0. The normalized spacial score (nSPS) is 24.4. The number of esters is 1. The first-order chi connectivity index (χ1) is 13.6. The average molecular weight is 432 g/mol. The zero-order chi connectivity index (χ0) is 22.2. The van der Waals surface area contributed by atoms with Crippen LogP contribution in [-0.4, -0.2) is 63.6 Å². The van der Waals surface area contributed by atoms with Gasteiger partial charge in [-0.3, -0.25) is 8.98 Å².